The van der Waals surface area contributed by atoms with Crippen molar-refractivity contribution in [2.24, 2.45) is 0 Å². The summed E-state index contributed by atoms with van der Waals surface area (Å²) < 4.78 is 4.94. The van der Waals surface area contributed by atoms with Crippen LogP contribution in [0, 0.1) is 0 Å². The number of carbonyl (C=O) groups is 3. The molecule has 0 saturated heterocycles. The van der Waals surface area contributed by atoms with Crippen molar-refractivity contribution in [3.63, 3.8) is 0 Å². The van der Waals surface area contributed by atoms with Crippen LogP contribution in [-0.2, 0) is 34.5 Å². The van der Waals surface area contributed by atoms with Gasteiger partial charge in [-0.05, 0) is 12.1 Å². The Morgan fingerprint density at radius 3 is 1.90 bits per heavy atom. The topological polar surface area (TPSA) is 104 Å². The molecule has 1 radical (unpaired) electrons. The van der Waals surface area contributed by atoms with Crippen molar-refractivity contribution in [3.05, 3.63) is 30.3 Å². The first kappa shape index (κ1) is 18.2. The maximum Gasteiger partial charge on any atom is 0.325 e. The zero-order valence-corrected chi connectivity index (χ0v) is 12.2. The van der Waals surface area contributed by atoms with Crippen molar-refractivity contribution in [1.29, 1.82) is 0 Å². The number of rotatable bonds is 7. The number of hydrogen-bond acceptors (Lipinski definition) is 5. The number of carboxylic acid groups (broad SMARTS) is 2. The predicted octanol–water partition coefficient (Wildman–Crippen LogP) is 0.0607. The minimum Gasteiger partial charge on any atom is -0.480 e. The van der Waals surface area contributed by atoms with Crippen LogP contribution in [0.3, 0.4) is 0 Å². The van der Waals surface area contributed by atoms with Gasteiger partial charge in [0.05, 0.1) is 19.6 Å². The number of benzene rings is 1. The third kappa shape index (κ3) is 7.63. The Morgan fingerprint density at radius 1 is 0.950 bits per heavy atom. The molecule has 0 unspecified atom stereocenters. The molecule has 0 fully saturated rings. The molecule has 0 saturated carbocycles. The molecule has 0 amide bonds. The van der Waals surface area contributed by atoms with Crippen LogP contribution in [0.1, 0.15) is 0 Å². The first-order valence-electron chi connectivity index (χ1n) is 5.39. The van der Waals surface area contributed by atoms with E-state index in [-0.39, 0.29) is 20.1 Å². The Morgan fingerprint density at radius 2 is 1.45 bits per heavy atom. The van der Waals surface area contributed by atoms with Gasteiger partial charge in [-0.1, -0.05) is 18.2 Å². The average molecular weight is 366 g/mol. The summed E-state index contributed by atoms with van der Waals surface area (Å²) in [5.74, 6) is -2.82. The quantitative estimate of drug-likeness (QED) is 0.520. The first-order chi connectivity index (χ1) is 8.97. The Hall–Kier alpha value is -1.76. The number of aliphatic carboxylic acids is 2. The van der Waals surface area contributed by atoms with Crippen molar-refractivity contribution >= 4 is 17.9 Å². The monoisotopic (exact) mass is 366 g/mol. The van der Waals surface area contributed by atoms with Crippen LogP contribution in [0.4, 0.5) is 0 Å². The number of ether oxygens (including phenoxy) is 1. The van der Waals surface area contributed by atoms with Crippen molar-refractivity contribution in [2.45, 2.75) is 0 Å². The number of para-hydroxylation sites is 1. The Bertz CT molecular complexity index is 448. The van der Waals surface area contributed by atoms with Crippen LogP contribution >= 0.6 is 0 Å². The molecule has 7 nitrogen and oxygen atoms in total. The van der Waals surface area contributed by atoms with Gasteiger partial charge in [-0.3, -0.25) is 19.3 Å². The maximum atomic E-state index is 11.5. The summed E-state index contributed by atoms with van der Waals surface area (Å²) in [6.45, 7) is -1.50. The Balaban J connectivity index is 0.00000361. The van der Waals surface area contributed by atoms with Crippen LogP contribution in [0.5, 0.6) is 5.75 Å². The Labute approximate surface area is 128 Å². The van der Waals surface area contributed by atoms with E-state index in [1.54, 1.807) is 30.3 Å². The van der Waals surface area contributed by atoms with Gasteiger partial charge in [-0.15, -0.1) is 0 Å². The molecule has 1 rings (SSSR count). The third-order valence-corrected chi connectivity index (χ3v) is 2.05. The molecule has 8 heteroatoms. The smallest absolute Gasteiger partial charge is 0.325 e. The summed E-state index contributed by atoms with van der Waals surface area (Å²) in [5, 5.41) is 17.2. The fourth-order valence-corrected chi connectivity index (χ4v) is 1.39. The van der Waals surface area contributed by atoms with Crippen LogP contribution in [-0.4, -0.2) is 52.7 Å². The minimum atomic E-state index is -1.21. The van der Waals surface area contributed by atoms with Crippen LogP contribution in [0.2, 0.25) is 0 Å². The number of esters is 1. The SMILES string of the molecule is O=C(O)CN(CC(=O)O)CC(=O)Oc1ccccc1.[99Tc]. The second-order valence-electron chi connectivity index (χ2n) is 3.72. The second-order valence-corrected chi connectivity index (χ2v) is 3.72. The first-order valence-corrected chi connectivity index (χ1v) is 5.39. The fourth-order valence-electron chi connectivity index (χ4n) is 1.39. The van der Waals surface area contributed by atoms with Gasteiger partial charge in [0.15, 0.2) is 0 Å². The Kier molecular flexibility index (Phi) is 8.38. The van der Waals surface area contributed by atoms with E-state index in [4.69, 9.17) is 14.9 Å². The van der Waals surface area contributed by atoms with Crippen LogP contribution in [0.25, 0.3) is 0 Å². The number of carbonyl (C=O) groups excluding carboxylic acids is 1. The molecule has 0 aromatic heterocycles. The molecule has 0 bridgehead atoms. The van der Waals surface area contributed by atoms with Gasteiger partial charge < -0.3 is 14.9 Å². The summed E-state index contributed by atoms with van der Waals surface area (Å²) in [6, 6.07) is 8.23. The zero-order valence-electron chi connectivity index (χ0n) is 10.4. The van der Waals surface area contributed by atoms with Gasteiger partial charge >= 0.3 is 17.9 Å². The number of carboxylic acids is 2. The van der Waals surface area contributed by atoms with E-state index < -0.39 is 37.5 Å². The van der Waals surface area contributed by atoms with E-state index in [0.29, 0.717) is 5.75 Å². The molecule has 0 aliphatic rings. The molecule has 20 heavy (non-hydrogen) atoms. The summed E-state index contributed by atoms with van der Waals surface area (Å²) >= 11 is 0. The summed E-state index contributed by atoms with van der Waals surface area (Å²) in [6.07, 6.45) is 0. The summed E-state index contributed by atoms with van der Waals surface area (Å²) in [7, 11) is 0. The molecule has 0 spiro atoms. The molecule has 0 aliphatic carbocycles. The van der Waals surface area contributed by atoms with E-state index >= 15 is 0 Å². The van der Waals surface area contributed by atoms with E-state index in [1.807, 2.05) is 0 Å². The van der Waals surface area contributed by atoms with Crippen LogP contribution in [0.15, 0.2) is 30.3 Å². The molecule has 0 atom stereocenters. The van der Waals surface area contributed by atoms with E-state index in [9.17, 15) is 14.4 Å². The molecule has 1 aromatic carbocycles. The molecular formula is C12H13NO6Tc. The molecule has 1 aromatic rings. The van der Waals surface area contributed by atoms with Crippen molar-refractivity contribution in [3.8, 4) is 5.75 Å². The second kappa shape index (κ2) is 9.19. The molecular weight excluding hydrogens is 353 g/mol. The van der Waals surface area contributed by atoms with Crippen molar-refractivity contribution in [2.75, 3.05) is 19.6 Å². The summed E-state index contributed by atoms with van der Waals surface area (Å²) in [4.78, 5) is 33.6. The van der Waals surface area contributed by atoms with Crippen molar-refractivity contribution in [1.82, 2.24) is 4.90 Å². The van der Waals surface area contributed by atoms with Gasteiger partial charge in [0.1, 0.15) is 5.75 Å². The number of nitrogens with zero attached hydrogens (tertiary/aromatic N) is 1. The maximum absolute atomic E-state index is 11.5. The normalized spacial score (nSPS) is 9.65. The third-order valence-electron chi connectivity index (χ3n) is 2.05. The predicted molar refractivity (Wildman–Crippen MR) is 63.8 cm³/mol. The van der Waals surface area contributed by atoms with E-state index in [0.717, 1.165) is 4.90 Å². The minimum absolute atomic E-state index is 0. The van der Waals surface area contributed by atoms with Crippen molar-refractivity contribution < 1.29 is 49.4 Å². The van der Waals surface area contributed by atoms with E-state index in [2.05, 4.69) is 0 Å². The van der Waals surface area contributed by atoms with Gasteiger partial charge in [0.2, 0.25) is 0 Å². The van der Waals surface area contributed by atoms with Gasteiger partial charge in [0, 0.05) is 20.1 Å². The zero-order chi connectivity index (χ0) is 14.3. The fraction of sp³-hybridized carbons (Fsp3) is 0.250. The molecule has 109 valence electrons. The van der Waals surface area contributed by atoms with Gasteiger partial charge in [0.25, 0.3) is 0 Å². The summed E-state index contributed by atoms with van der Waals surface area (Å²) in [5.41, 5.74) is 0. The molecule has 2 N–H and O–H groups in total. The van der Waals surface area contributed by atoms with Gasteiger partial charge in [-0.25, -0.2) is 0 Å². The van der Waals surface area contributed by atoms with E-state index in [1.165, 1.54) is 0 Å². The molecule has 0 aliphatic heterocycles. The largest absolute Gasteiger partial charge is 0.480 e. The molecule has 0 heterocycles. The standard InChI is InChI=1S/C12H13NO6.Tc/c14-10(15)6-13(7-11(16)17)8-12(18)19-9-4-2-1-3-5-9;/h1-5H,6-8H2,(H,14,15)(H,16,17);/i;1+1. The number of hydrogen-bond donors (Lipinski definition) is 2. The van der Waals surface area contributed by atoms with Gasteiger partial charge in [-0.2, -0.15) is 0 Å². The average Bonchev–Trinajstić information content (AvgIpc) is 2.27. The van der Waals surface area contributed by atoms with Crippen LogP contribution < -0.4 is 4.74 Å².